The number of benzene rings is 2. The maximum absolute atomic E-state index is 13.5. The number of carbonyl (C=O) groups excluding carboxylic acids is 3. The van der Waals surface area contributed by atoms with Crippen molar-refractivity contribution in [1.29, 1.82) is 0 Å². The van der Waals surface area contributed by atoms with Crippen LogP contribution in [0, 0.1) is 0 Å². The molecule has 0 N–H and O–H groups in total. The first-order valence-corrected chi connectivity index (χ1v) is 11.2. The van der Waals surface area contributed by atoms with E-state index in [1.807, 2.05) is 47.5 Å². The average Bonchev–Trinajstić information content (AvgIpc) is 3.46. The van der Waals surface area contributed by atoms with E-state index in [-0.39, 0.29) is 0 Å². The van der Waals surface area contributed by atoms with E-state index in [1.165, 1.54) is 12.0 Å². The van der Waals surface area contributed by atoms with Crippen molar-refractivity contribution in [2.45, 2.75) is 12.2 Å². The molecule has 11 heteroatoms. The molecule has 0 aromatic heterocycles. The summed E-state index contributed by atoms with van der Waals surface area (Å²) in [6.45, 7) is -0.479. The van der Waals surface area contributed by atoms with Gasteiger partial charge in [0, 0.05) is 24.9 Å². The van der Waals surface area contributed by atoms with Gasteiger partial charge in [0.2, 0.25) is 5.96 Å². The Bertz CT molecular complexity index is 1290. The van der Waals surface area contributed by atoms with E-state index in [1.54, 1.807) is 38.3 Å². The summed E-state index contributed by atoms with van der Waals surface area (Å²) in [6.07, 6.45) is 1.05. The highest BCUT2D eigenvalue weighted by atomic mass is 16.5. The number of methoxy groups -OCH3 is 3. The smallest absolute Gasteiger partial charge is 0.328 e. The van der Waals surface area contributed by atoms with Crippen LogP contribution in [0.5, 0.6) is 11.5 Å². The third-order valence-corrected chi connectivity index (χ3v) is 6.42. The number of amides is 3. The minimum Gasteiger partial charge on any atom is -0.497 e. The second-order valence-electron chi connectivity index (χ2n) is 8.34. The Morgan fingerprint density at radius 3 is 2.44 bits per heavy atom. The number of nitrogens with zero attached hydrogens (tertiary/aromatic N) is 5. The van der Waals surface area contributed by atoms with Gasteiger partial charge in [0.05, 0.1) is 32.7 Å². The summed E-state index contributed by atoms with van der Waals surface area (Å²) in [7, 11) is 5.91. The number of ether oxygens (including phenoxy) is 3. The first kappa shape index (κ1) is 23.2. The van der Waals surface area contributed by atoms with Gasteiger partial charge in [-0.2, -0.15) is 0 Å². The normalized spacial score (nSPS) is 20.7. The number of fused-ring (bicyclic) bond motifs is 3. The monoisotopic (exact) mass is 491 g/mol. The molecule has 3 amide bonds. The number of imide groups is 1. The molecule has 0 bridgehead atoms. The van der Waals surface area contributed by atoms with Gasteiger partial charge in [0.25, 0.3) is 5.91 Å². The molecule has 11 nitrogen and oxygen atoms in total. The van der Waals surface area contributed by atoms with E-state index in [4.69, 9.17) is 14.5 Å². The highest BCUT2D eigenvalue weighted by Gasteiger charge is 2.55. The predicted octanol–water partition coefficient (Wildman–Crippen LogP) is 1.96. The molecule has 186 valence electrons. The Balaban J connectivity index is 1.63. The first-order chi connectivity index (χ1) is 17.4. The SMILES string of the molecule is COC(=O)CN1C(=O)C2C(N=C3N(c4cc(OC)ccc4OC)C(c4ccccc4)=CN32)N(C)C1=O. The van der Waals surface area contributed by atoms with Crippen LogP contribution in [0.3, 0.4) is 0 Å². The fourth-order valence-corrected chi connectivity index (χ4v) is 4.60. The summed E-state index contributed by atoms with van der Waals surface area (Å²) in [5, 5.41) is 0. The number of guanidine groups is 1. The number of aliphatic imine (C=N–C) groups is 1. The zero-order chi connectivity index (χ0) is 25.6. The van der Waals surface area contributed by atoms with Crippen LogP contribution < -0.4 is 14.4 Å². The molecular formula is C25H25N5O6. The maximum atomic E-state index is 13.5. The number of rotatable bonds is 6. The number of esters is 1. The van der Waals surface area contributed by atoms with Crippen LogP contribution in [0.4, 0.5) is 10.5 Å². The molecule has 3 heterocycles. The van der Waals surface area contributed by atoms with E-state index in [2.05, 4.69) is 4.74 Å². The molecule has 0 spiro atoms. The molecule has 0 saturated carbocycles. The molecular weight excluding hydrogens is 466 g/mol. The van der Waals surface area contributed by atoms with Crippen molar-refractivity contribution in [2.75, 3.05) is 39.8 Å². The number of likely N-dealkylation sites (N-methyl/N-ethyl adjacent to an activating group) is 1. The van der Waals surface area contributed by atoms with Crippen molar-refractivity contribution in [2.24, 2.45) is 4.99 Å². The molecule has 2 atom stereocenters. The minimum atomic E-state index is -0.854. The van der Waals surface area contributed by atoms with Crippen LogP contribution in [0.15, 0.2) is 59.7 Å². The summed E-state index contributed by atoms with van der Waals surface area (Å²) in [4.78, 5) is 49.1. The van der Waals surface area contributed by atoms with Gasteiger partial charge in [0.15, 0.2) is 12.2 Å². The van der Waals surface area contributed by atoms with Crippen LogP contribution in [-0.4, -0.2) is 85.7 Å². The van der Waals surface area contributed by atoms with Gasteiger partial charge in [-0.15, -0.1) is 0 Å². The largest absolute Gasteiger partial charge is 0.497 e. The fourth-order valence-electron chi connectivity index (χ4n) is 4.60. The Labute approximate surface area is 207 Å². The highest BCUT2D eigenvalue weighted by Crippen LogP contribution is 2.44. The third kappa shape index (κ3) is 3.51. The van der Waals surface area contributed by atoms with E-state index in [0.717, 1.165) is 16.2 Å². The van der Waals surface area contributed by atoms with Crippen LogP contribution >= 0.6 is 0 Å². The molecule has 1 fully saturated rings. The molecule has 3 aliphatic heterocycles. The summed E-state index contributed by atoms with van der Waals surface area (Å²) >= 11 is 0. The summed E-state index contributed by atoms with van der Waals surface area (Å²) < 4.78 is 15.8. The van der Waals surface area contributed by atoms with Crippen LogP contribution in [0.25, 0.3) is 5.70 Å². The first-order valence-electron chi connectivity index (χ1n) is 11.2. The summed E-state index contributed by atoms with van der Waals surface area (Å²) in [5.41, 5.74) is 2.29. The zero-order valence-electron chi connectivity index (χ0n) is 20.2. The number of urea groups is 1. The van der Waals surface area contributed by atoms with Gasteiger partial charge >= 0.3 is 12.0 Å². The lowest BCUT2D eigenvalue weighted by Crippen LogP contribution is -2.65. The number of hydrogen-bond acceptors (Lipinski definition) is 9. The van der Waals surface area contributed by atoms with Crippen molar-refractivity contribution < 1.29 is 28.6 Å². The maximum Gasteiger partial charge on any atom is 0.328 e. The Hall–Kier alpha value is -4.54. The van der Waals surface area contributed by atoms with Crippen molar-refractivity contribution in [3.05, 3.63) is 60.3 Å². The Kier molecular flexibility index (Phi) is 5.75. The highest BCUT2D eigenvalue weighted by molar-refractivity contribution is 6.17. The molecule has 2 aromatic carbocycles. The summed E-state index contributed by atoms with van der Waals surface area (Å²) in [6, 6.07) is 13.6. The molecule has 2 aromatic rings. The van der Waals surface area contributed by atoms with Crippen molar-refractivity contribution >= 4 is 35.3 Å². The van der Waals surface area contributed by atoms with Crippen molar-refractivity contribution in [3.63, 3.8) is 0 Å². The second-order valence-corrected chi connectivity index (χ2v) is 8.34. The number of anilines is 1. The fraction of sp³-hybridized carbons (Fsp3) is 0.280. The van der Waals surface area contributed by atoms with Gasteiger partial charge < -0.3 is 19.1 Å². The van der Waals surface area contributed by atoms with E-state index in [0.29, 0.717) is 23.1 Å². The van der Waals surface area contributed by atoms with E-state index < -0.39 is 36.7 Å². The topological polar surface area (TPSA) is 104 Å². The van der Waals surface area contributed by atoms with Gasteiger partial charge in [-0.05, 0) is 12.1 Å². The van der Waals surface area contributed by atoms with Crippen LogP contribution in [0.2, 0.25) is 0 Å². The van der Waals surface area contributed by atoms with Crippen molar-refractivity contribution in [3.8, 4) is 11.5 Å². The molecule has 0 radical (unpaired) electrons. The quantitative estimate of drug-likeness (QED) is 0.565. The van der Waals surface area contributed by atoms with Gasteiger partial charge in [-0.25, -0.2) is 9.79 Å². The second kappa shape index (κ2) is 8.91. The lowest BCUT2D eigenvalue weighted by atomic mass is 10.1. The van der Waals surface area contributed by atoms with Gasteiger partial charge in [0.1, 0.15) is 18.0 Å². The predicted molar refractivity (Wildman–Crippen MR) is 130 cm³/mol. The lowest BCUT2D eigenvalue weighted by molar-refractivity contribution is -0.148. The van der Waals surface area contributed by atoms with Crippen molar-refractivity contribution in [1.82, 2.24) is 14.7 Å². The van der Waals surface area contributed by atoms with E-state index >= 15 is 0 Å². The van der Waals surface area contributed by atoms with Crippen LogP contribution in [-0.2, 0) is 14.3 Å². The molecule has 3 aliphatic rings. The minimum absolute atomic E-state index is 0.448. The van der Waals surface area contributed by atoms with Gasteiger partial charge in [-0.3, -0.25) is 24.3 Å². The van der Waals surface area contributed by atoms with Gasteiger partial charge in [-0.1, -0.05) is 30.3 Å². The molecule has 5 rings (SSSR count). The standard InChI is InChI=1S/C25H25N5O6/c1-27-22-21(23(32)29(25(27)33)14-20(31)36-4)28-13-18(15-8-6-5-7-9-15)30(24(28)26-22)17-12-16(34-2)10-11-19(17)35-3/h5-13,21-22H,14H2,1-4H3. The third-order valence-electron chi connectivity index (χ3n) is 6.42. The molecule has 2 unspecified atom stereocenters. The van der Waals surface area contributed by atoms with Crippen LogP contribution in [0.1, 0.15) is 5.56 Å². The lowest BCUT2D eigenvalue weighted by Gasteiger charge is -2.39. The Morgan fingerprint density at radius 1 is 1.03 bits per heavy atom. The molecule has 0 aliphatic carbocycles. The average molecular weight is 492 g/mol. The number of hydrogen-bond donors (Lipinski definition) is 0. The number of carbonyl (C=O) groups is 3. The Morgan fingerprint density at radius 2 is 1.78 bits per heavy atom. The molecule has 36 heavy (non-hydrogen) atoms. The summed E-state index contributed by atoms with van der Waals surface area (Å²) in [5.74, 6) is 0.409. The molecule has 1 saturated heterocycles. The zero-order valence-corrected chi connectivity index (χ0v) is 20.2. The van der Waals surface area contributed by atoms with E-state index in [9.17, 15) is 14.4 Å².